The fourth-order valence-electron chi connectivity index (χ4n) is 4.41. The van der Waals surface area contributed by atoms with E-state index in [4.69, 9.17) is 9.26 Å². The monoisotopic (exact) mass is 514 g/mol. The van der Waals surface area contributed by atoms with Crippen molar-refractivity contribution in [2.45, 2.75) is 26.1 Å². The standard InChI is InChI=1S/C29H27FN4O4/c1-20(35)31-15-26-18-34(29(36)38-26)25-11-12-27(28(30)13-25)23-9-7-21(8-10-23)16-33(17-22-14-32-37-19-22)24-5-3-2-4-6-24/h2-14,19,26H,15-18H2,1H3,(H,31,35)/t26-/m0/s1. The van der Waals surface area contributed by atoms with Gasteiger partial charge in [-0.05, 0) is 41.5 Å². The lowest BCUT2D eigenvalue weighted by Gasteiger charge is -2.24. The van der Waals surface area contributed by atoms with Crippen molar-refractivity contribution in [3.8, 4) is 11.1 Å². The number of carbonyl (C=O) groups excluding carboxylic acids is 2. The van der Waals surface area contributed by atoms with E-state index in [9.17, 15) is 9.59 Å². The van der Waals surface area contributed by atoms with Crippen LogP contribution in [-0.4, -0.2) is 36.4 Å². The van der Waals surface area contributed by atoms with Crippen molar-refractivity contribution in [2.24, 2.45) is 0 Å². The molecule has 0 unspecified atom stereocenters. The highest BCUT2D eigenvalue weighted by Gasteiger charge is 2.32. The first-order chi connectivity index (χ1) is 18.5. The summed E-state index contributed by atoms with van der Waals surface area (Å²) in [6, 6.07) is 22.5. The molecule has 8 nitrogen and oxygen atoms in total. The Labute approximate surface area is 219 Å². The molecule has 1 aromatic heterocycles. The summed E-state index contributed by atoms with van der Waals surface area (Å²) in [5.74, 6) is -0.643. The molecule has 1 aliphatic rings. The summed E-state index contributed by atoms with van der Waals surface area (Å²) >= 11 is 0. The second-order valence-electron chi connectivity index (χ2n) is 9.14. The first kappa shape index (κ1) is 25.0. The quantitative estimate of drug-likeness (QED) is 0.333. The van der Waals surface area contributed by atoms with Crippen LogP contribution >= 0.6 is 0 Å². The summed E-state index contributed by atoms with van der Waals surface area (Å²) < 4.78 is 25.4. The topological polar surface area (TPSA) is 87.9 Å². The first-order valence-corrected chi connectivity index (χ1v) is 12.3. The van der Waals surface area contributed by atoms with Gasteiger partial charge in [0.05, 0.1) is 25.0 Å². The average Bonchev–Trinajstić information content (AvgIpc) is 3.57. The van der Waals surface area contributed by atoms with Gasteiger partial charge in [-0.2, -0.15) is 0 Å². The number of aromatic nitrogens is 1. The van der Waals surface area contributed by atoms with Gasteiger partial charge in [0, 0.05) is 36.8 Å². The molecule has 5 rings (SSSR count). The normalized spacial score (nSPS) is 14.8. The molecule has 0 bridgehead atoms. The van der Waals surface area contributed by atoms with Crippen molar-refractivity contribution < 1.29 is 23.2 Å². The fraction of sp³-hybridized carbons (Fsp3) is 0.207. The highest BCUT2D eigenvalue weighted by molar-refractivity contribution is 5.90. The minimum absolute atomic E-state index is 0.205. The van der Waals surface area contributed by atoms with Gasteiger partial charge in [0.1, 0.15) is 18.2 Å². The van der Waals surface area contributed by atoms with Gasteiger partial charge in [-0.1, -0.05) is 47.6 Å². The van der Waals surface area contributed by atoms with E-state index in [1.165, 1.54) is 17.9 Å². The number of halogens is 1. The Morgan fingerprint density at radius 2 is 1.84 bits per heavy atom. The van der Waals surface area contributed by atoms with Gasteiger partial charge in [0.25, 0.3) is 0 Å². The molecule has 1 N–H and O–H groups in total. The number of nitrogens with one attached hydrogen (secondary N) is 1. The van der Waals surface area contributed by atoms with Crippen molar-refractivity contribution in [1.82, 2.24) is 10.5 Å². The Morgan fingerprint density at radius 3 is 2.53 bits per heavy atom. The smallest absolute Gasteiger partial charge is 0.414 e. The molecule has 0 radical (unpaired) electrons. The van der Waals surface area contributed by atoms with Crippen LogP contribution in [0, 0.1) is 5.82 Å². The summed E-state index contributed by atoms with van der Waals surface area (Å²) in [5.41, 5.74) is 4.68. The molecule has 38 heavy (non-hydrogen) atoms. The lowest BCUT2D eigenvalue weighted by molar-refractivity contribution is -0.119. The van der Waals surface area contributed by atoms with Crippen LogP contribution in [0.1, 0.15) is 18.1 Å². The Morgan fingerprint density at radius 1 is 1.08 bits per heavy atom. The SMILES string of the molecule is CC(=O)NC[C@H]1CN(c2ccc(-c3ccc(CN(Cc4cnoc4)c4ccccc4)cc3)c(F)c2)C(=O)O1. The number of rotatable bonds is 9. The van der Waals surface area contributed by atoms with Gasteiger partial charge < -0.3 is 19.5 Å². The Bertz CT molecular complexity index is 1390. The Kier molecular flexibility index (Phi) is 7.35. The second kappa shape index (κ2) is 11.2. The van der Waals surface area contributed by atoms with E-state index < -0.39 is 18.0 Å². The molecule has 0 saturated carbocycles. The number of carbonyl (C=O) groups is 2. The molecule has 9 heteroatoms. The van der Waals surface area contributed by atoms with E-state index in [0.29, 0.717) is 24.3 Å². The molecule has 194 valence electrons. The highest BCUT2D eigenvalue weighted by atomic mass is 19.1. The maximum Gasteiger partial charge on any atom is 0.414 e. The molecule has 1 aliphatic heterocycles. The molecule has 0 spiro atoms. The predicted molar refractivity (Wildman–Crippen MR) is 141 cm³/mol. The van der Waals surface area contributed by atoms with Crippen LogP contribution in [0.25, 0.3) is 11.1 Å². The van der Waals surface area contributed by atoms with Crippen LogP contribution in [0.4, 0.5) is 20.6 Å². The summed E-state index contributed by atoms with van der Waals surface area (Å²) in [6.07, 6.45) is 2.29. The van der Waals surface area contributed by atoms with Crippen molar-refractivity contribution in [3.05, 3.63) is 102 Å². The van der Waals surface area contributed by atoms with E-state index in [1.54, 1.807) is 24.6 Å². The van der Waals surface area contributed by atoms with Crippen molar-refractivity contribution >= 4 is 23.4 Å². The lowest BCUT2D eigenvalue weighted by Crippen LogP contribution is -2.33. The number of anilines is 2. The van der Waals surface area contributed by atoms with Crippen LogP contribution < -0.4 is 15.1 Å². The molecule has 1 saturated heterocycles. The van der Waals surface area contributed by atoms with Gasteiger partial charge in [0.2, 0.25) is 5.91 Å². The van der Waals surface area contributed by atoms with Crippen molar-refractivity contribution in [1.29, 1.82) is 0 Å². The minimum Gasteiger partial charge on any atom is -0.442 e. The first-order valence-electron chi connectivity index (χ1n) is 12.3. The average molecular weight is 515 g/mol. The van der Waals surface area contributed by atoms with E-state index >= 15 is 4.39 Å². The third-order valence-electron chi connectivity index (χ3n) is 6.33. The Hall–Kier alpha value is -4.66. The van der Waals surface area contributed by atoms with Gasteiger partial charge >= 0.3 is 6.09 Å². The van der Waals surface area contributed by atoms with Crippen molar-refractivity contribution in [2.75, 3.05) is 22.9 Å². The number of amides is 2. The molecule has 4 aromatic rings. The van der Waals surface area contributed by atoms with Crippen LogP contribution in [0.2, 0.25) is 0 Å². The maximum absolute atomic E-state index is 15.2. The molecular formula is C29H27FN4O4. The van der Waals surface area contributed by atoms with Gasteiger partial charge in [-0.15, -0.1) is 0 Å². The summed E-state index contributed by atoms with van der Waals surface area (Å²) in [4.78, 5) is 27.0. The molecule has 2 amide bonds. The van der Waals surface area contributed by atoms with Crippen LogP contribution in [-0.2, 0) is 22.6 Å². The zero-order valence-corrected chi connectivity index (χ0v) is 20.8. The summed E-state index contributed by atoms with van der Waals surface area (Å²) in [5, 5.41) is 6.43. The van der Waals surface area contributed by atoms with E-state index in [1.807, 2.05) is 42.5 Å². The number of nitrogens with zero attached hydrogens (tertiary/aromatic N) is 3. The maximum atomic E-state index is 15.2. The molecule has 1 atom stereocenters. The van der Waals surface area contributed by atoms with E-state index in [-0.39, 0.29) is 19.0 Å². The van der Waals surface area contributed by atoms with Crippen molar-refractivity contribution in [3.63, 3.8) is 0 Å². The molecular weight excluding hydrogens is 487 g/mol. The van der Waals surface area contributed by atoms with Crippen LogP contribution in [0.3, 0.4) is 0 Å². The lowest BCUT2D eigenvalue weighted by atomic mass is 10.0. The molecule has 1 fully saturated rings. The summed E-state index contributed by atoms with van der Waals surface area (Å²) in [6.45, 7) is 3.13. The van der Waals surface area contributed by atoms with E-state index in [2.05, 4.69) is 27.5 Å². The van der Waals surface area contributed by atoms with Gasteiger partial charge in [-0.25, -0.2) is 9.18 Å². The number of ether oxygens (including phenoxy) is 1. The van der Waals surface area contributed by atoms with Gasteiger partial charge in [0.15, 0.2) is 0 Å². The van der Waals surface area contributed by atoms with Gasteiger partial charge in [-0.3, -0.25) is 9.69 Å². The third-order valence-corrected chi connectivity index (χ3v) is 6.33. The van der Waals surface area contributed by atoms with Crippen LogP contribution in [0.15, 0.2) is 89.8 Å². The number of para-hydroxylation sites is 1. The zero-order valence-electron chi connectivity index (χ0n) is 20.8. The molecule has 2 heterocycles. The fourth-order valence-corrected chi connectivity index (χ4v) is 4.41. The second-order valence-corrected chi connectivity index (χ2v) is 9.14. The van der Waals surface area contributed by atoms with E-state index in [0.717, 1.165) is 22.4 Å². The zero-order chi connectivity index (χ0) is 26.5. The molecule has 0 aliphatic carbocycles. The predicted octanol–water partition coefficient (Wildman–Crippen LogP) is 5.15. The largest absolute Gasteiger partial charge is 0.442 e. The van der Waals surface area contributed by atoms with Crippen LogP contribution in [0.5, 0.6) is 0 Å². The molecule has 3 aromatic carbocycles. The third kappa shape index (κ3) is 5.83. The minimum atomic E-state index is -0.564. The number of hydrogen-bond donors (Lipinski definition) is 1. The number of benzene rings is 3. The number of hydrogen-bond acceptors (Lipinski definition) is 6. The highest BCUT2D eigenvalue weighted by Crippen LogP contribution is 2.30. The summed E-state index contributed by atoms with van der Waals surface area (Å²) in [7, 11) is 0. The Balaban J connectivity index is 1.29. The number of cyclic esters (lactones) is 1.